The lowest BCUT2D eigenvalue weighted by Crippen LogP contribution is -2.16. The summed E-state index contributed by atoms with van der Waals surface area (Å²) in [5, 5.41) is 5.69. The van der Waals surface area contributed by atoms with Gasteiger partial charge in [0.15, 0.2) is 0 Å². The van der Waals surface area contributed by atoms with Crippen molar-refractivity contribution in [2.75, 3.05) is 10.6 Å². The van der Waals surface area contributed by atoms with Gasteiger partial charge in [0.25, 0.3) is 0 Å². The van der Waals surface area contributed by atoms with E-state index in [0.29, 0.717) is 11.5 Å². The monoisotopic (exact) mass is 399 g/mol. The van der Waals surface area contributed by atoms with Gasteiger partial charge >= 0.3 is 0 Å². The lowest BCUT2D eigenvalue weighted by molar-refractivity contribution is -0.118. The van der Waals surface area contributed by atoms with Crippen molar-refractivity contribution in [3.63, 3.8) is 0 Å². The molecule has 2 aliphatic rings. The molecule has 0 radical (unpaired) electrons. The molecule has 1 aromatic carbocycles. The van der Waals surface area contributed by atoms with Gasteiger partial charge in [-0.25, -0.2) is 4.98 Å². The Labute approximate surface area is 154 Å². The van der Waals surface area contributed by atoms with Gasteiger partial charge in [0.1, 0.15) is 5.82 Å². The fraction of sp³-hybridized carbons (Fsp3) is 0.316. The standard InChI is InChI=1S/C19H18BrN3O2/c20-13-3-1-2-12(8-13)15-9-16(15)19(25)22-14-6-7-17(21-10-14)23-18(24)11-4-5-11/h1-3,6-8,10-11,15-16H,4-5,9H2,(H,22,25)(H,21,23,24). The van der Waals surface area contributed by atoms with Crippen LogP contribution in [0.1, 0.15) is 30.7 Å². The number of aromatic nitrogens is 1. The van der Waals surface area contributed by atoms with Gasteiger partial charge in [-0.1, -0.05) is 28.1 Å². The quantitative estimate of drug-likeness (QED) is 0.799. The number of nitrogens with one attached hydrogen (secondary N) is 2. The molecule has 2 fully saturated rings. The maximum Gasteiger partial charge on any atom is 0.228 e. The van der Waals surface area contributed by atoms with Crippen LogP contribution in [0, 0.1) is 11.8 Å². The van der Waals surface area contributed by atoms with E-state index in [-0.39, 0.29) is 29.6 Å². The number of carbonyl (C=O) groups is 2. The Hall–Kier alpha value is -2.21. The van der Waals surface area contributed by atoms with E-state index in [1.807, 2.05) is 12.1 Å². The fourth-order valence-corrected chi connectivity index (χ4v) is 3.36. The SMILES string of the molecule is O=C(Nc1ccc(NC(=O)C2CC2c2cccc(Br)c2)cn1)C1CC1. The lowest BCUT2D eigenvalue weighted by atomic mass is 10.1. The van der Waals surface area contributed by atoms with Crippen LogP contribution in [0.25, 0.3) is 0 Å². The largest absolute Gasteiger partial charge is 0.324 e. The zero-order valence-corrected chi connectivity index (χ0v) is 15.1. The molecule has 0 saturated heterocycles. The molecule has 25 heavy (non-hydrogen) atoms. The Morgan fingerprint density at radius 1 is 1.08 bits per heavy atom. The van der Waals surface area contributed by atoms with Crippen LogP contribution in [0.2, 0.25) is 0 Å². The molecule has 0 spiro atoms. The number of rotatable bonds is 5. The van der Waals surface area contributed by atoms with Gasteiger partial charge in [0.2, 0.25) is 11.8 Å². The van der Waals surface area contributed by atoms with Crippen LogP contribution in [0.15, 0.2) is 47.1 Å². The summed E-state index contributed by atoms with van der Waals surface area (Å²) >= 11 is 3.47. The molecule has 2 aliphatic carbocycles. The van der Waals surface area contributed by atoms with Crippen LogP contribution in [-0.2, 0) is 9.59 Å². The first-order valence-electron chi connectivity index (χ1n) is 8.43. The summed E-state index contributed by atoms with van der Waals surface area (Å²) in [5.74, 6) is 0.992. The Morgan fingerprint density at radius 2 is 1.92 bits per heavy atom. The van der Waals surface area contributed by atoms with Gasteiger partial charge < -0.3 is 10.6 Å². The Kier molecular flexibility index (Phi) is 4.29. The molecule has 5 nitrogen and oxygen atoms in total. The molecule has 1 aromatic heterocycles. The van der Waals surface area contributed by atoms with Crippen molar-refractivity contribution in [2.24, 2.45) is 11.8 Å². The molecule has 6 heteroatoms. The topological polar surface area (TPSA) is 71.1 Å². The van der Waals surface area contributed by atoms with E-state index in [9.17, 15) is 9.59 Å². The second kappa shape index (κ2) is 6.59. The molecule has 128 valence electrons. The Bertz CT molecular complexity index is 818. The molecule has 2 amide bonds. The van der Waals surface area contributed by atoms with Crippen molar-refractivity contribution in [2.45, 2.75) is 25.2 Å². The van der Waals surface area contributed by atoms with E-state index < -0.39 is 0 Å². The van der Waals surface area contributed by atoms with Gasteiger partial charge in [0, 0.05) is 16.3 Å². The van der Waals surface area contributed by atoms with Gasteiger partial charge in [-0.15, -0.1) is 0 Å². The second-order valence-corrected chi connectivity index (χ2v) is 7.60. The number of benzene rings is 1. The summed E-state index contributed by atoms with van der Waals surface area (Å²) in [4.78, 5) is 28.3. The van der Waals surface area contributed by atoms with Crippen LogP contribution in [0.5, 0.6) is 0 Å². The highest BCUT2D eigenvalue weighted by Crippen LogP contribution is 2.48. The summed E-state index contributed by atoms with van der Waals surface area (Å²) in [6.07, 6.45) is 4.36. The van der Waals surface area contributed by atoms with Crippen molar-refractivity contribution in [3.05, 3.63) is 52.6 Å². The van der Waals surface area contributed by atoms with Crippen LogP contribution in [-0.4, -0.2) is 16.8 Å². The number of halogens is 1. The number of pyridine rings is 1. The molecule has 0 bridgehead atoms. The minimum absolute atomic E-state index is 0.00328. The predicted molar refractivity (Wildman–Crippen MR) is 99.2 cm³/mol. The molecule has 2 atom stereocenters. The van der Waals surface area contributed by atoms with E-state index in [2.05, 4.69) is 43.7 Å². The minimum atomic E-state index is 0.00328. The number of anilines is 2. The third-order valence-corrected chi connectivity index (χ3v) is 5.13. The summed E-state index contributed by atoms with van der Waals surface area (Å²) < 4.78 is 1.03. The van der Waals surface area contributed by atoms with Gasteiger partial charge in [-0.2, -0.15) is 0 Å². The van der Waals surface area contributed by atoms with Crippen molar-refractivity contribution in [3.8, 4) is 0 Å². The average molecular weight is 400 g/mol. The number of amides is 2. The van der Waals surface area contributed by atoms with E-state index in [1.165, 1.54) is 5.56 Å². The third-order valence-electron chi connectivity index (χ3n) is 4.63. The van der Waals surface area contributed by atoms with Crippen LogP contribution in [0.4, 0.5) is 11.5 Å². The second-order valence-electron chi connectivity index (χ2n) is 6.69. The van der Waals surface area contributed by atoms with E-state index >= 15 is 0 Å². The summed E-state index contributed by atoms with van der Waals surface area (Å²) in [6, 6.07) is 11.6. The minimum Gasteiger partial charge on any atom is -0.324 e. The van der Waals surface area contributed by atoms with E-state index in [4.69, 9.17) is 0 Å². The molecular formula is C19H18BrN3O2. The smallest absolute Gasteiger partial charge is 0.228 e. The van der Waals surface area contributed by atoms with E-state index in [0.717, 1.165) is 23.7 Å². The predicted octanol–water partition coefficient (Wildman–Crippen LogP) is 3.93. The summed E-state index contributed by atoms with van der Waals surface area (Å²) in [6.45, 7) is 0. The molecule has 2 N–H and O–H groups in total. The first-order valence-corrected chi connectivity index (χ1v) is 9.23. The van der Waals surface area contributed by atoms with Crippen molar-refractivity contribution >= 4 is 39.2 Å². The first kappa shape index (κ1) is 16.3. The Balaban J connectivity index is 1.33. The zero-order chi connectivity index (χ0) is 17.4. The maximum atomic E-state index is 12.4. The molecule has 2 unspecified atom stereocenters. The first-order chi connectivity index (χ1) is 12.1. The number of nitrogens with zero attached hydrogens (tertiary/aromatic N) is 1. The summed E-state index contributed by atoms with van der Waals surface area (Å²) in [5.41, 5.74) is 1.83. The summed E-state index contributed by atoms with van der Waals surface area (Å²) in [7, 11) is 0. The highest BCUT2D eigenvalue weighted by molar-refractivity contribution is 9.10. The molecule has 2 saturated carbocycles. The zero-order valence-electron chi connectivity index (χ0n) is 13.5. The molecular weight excluding hydrogens is 382 g/mol. The highest BCUT2D eigenvalue weighted by Gasteiger charge is 2.44. The van der Waals surface area contributed by atoms with Crippen LogP contribution < -0.4 is 10.6 Å². The molecule has 1 heterocycles. The number of hydrogen-bond acceptors (Lipinski definition) is 3. The van der Waals surface area contributed by atoms with E-state index in [1.54, 1.807) is 18.3 Å². The fourth-order valence-electron chi connectivity index (χ4n) is 2.94. The van der Waals surface area contributed by atoms with Crippen molar-refractivity contribution < 1.29 is 9.59 Å². The van der Waals surface area contributed by atoms with Crippen LogP contribution >= 0.6 is 15.9 Å². The van der Waals surface area contributed by atoms with Crippen molar-refractivity contribution in [1.29, 1.82) is 0 Å². The Morgan fingerprint density at radius 3 is 2.60 bits per heavy atom. The number of carbonyl (C=O) groups excluding carboxylic acids is 2. The molecule has 0 aliphatic heterocycles. The normalized spacial score (nSPS) is 21.5. The van der Waals surface area contributed by atoms with Gasteiger partial charge in [-0.3, -0.25) is 9.59 Å². The lowest BCUT2D eigenvalue weighted by Gasteiger charge is -2.07. The molecule has 4 rings (SSSR count). The van der Waals surface area contributed by atoms with Crippen molar-refractivity contribution in [1.82, 2.24) is 4.98 Å². The third kappa shape index (κ3) is 3.90. The maximum absolute atomic E-state index is 12.4. The highest BCUT2D eigenvalue weighted by atomic mass is 79.9. The van der Waals surface area contributed by atoms with Crippen LogP contribution in [0.3, 0.4) is 0 Å². The number of hydrogen-bond donors (Lipinski definition) is 2. The van der Waals surface area contributed by atoms with Gasteiger partial charge in [-0.05, 0) is 55.0 Å². The van der Waals surface area contributed by atoms with Gasteiger partial charge in [0.05, 0.1) is 11.9 Å². The average Bonchev–Trinajstić information content (AvgIpc) is 3.48. The molecule has 2 aromatic rings.